The summed E-state index contributed by atoms with van der Waals surface area (Å²) in [5.74, 6) is 0.681. The van der Waals surface area contributed by atoms with Crippen molar-refractivity contribution in [2.45, 2.75) is 13.0 Å². The number of imide groups is 1. The lowest BCUT2D eigenvalue weighted by molar-refractivity contribution is -0.146. The fourth-order valence-corrected chi connectivity index (χ4v) is 2.80. The van der Waals surface area contributed by atoms with Crippen molar-refractivity contribution in [2.24, 2.45) is 0 Å². The number of methoxy groups -OCH3 is 2. The Balaban J connectivity index is 0.000000342. The largest absolute Gasteiger partial charge is 0.493 e. The van der Waals surface area contributed by atoms with Crippen LogP contribution in [0.2, 0.25) is 0 Å². The summed E-state index contributed by atoms with van der Waals surface area (Å²) in [6.45, 7) is 6.21. The van der Waals surface area contributed by atoms with Gasteiger partial charge in [-0.3, -0.25) is 14.5 Å². The van der Waals surface area contributed by atoms with Crippen molar-refractivity contribution in [3.8, 4) is 11.5 Å². The number of ether oxygens (including phenoxy) is 3. The van der Waals surface area contributed by atoms with Crippen LogP contribution in [-0.4, -0.2) is 70.3 Å². The number of amides is 2. The van der Waals surface area contributed by atoms with Crippen LogP contribution >= 0.6 is 0 Å². The number of carbonyl (C=O) groups is 2. The third-order valence-electron chi connectivity index (χ3n) is 4.16. The highest BCUT2D eigenvalue weighted by molar-refractivity contribution is 5.98. The Morgan fingerprint density at radius 2 is 1.85 bits per heavy atom. The Morgan fingerprint density at radius 3 is 2.35 bits per heavy atom. The normalized spacial score (nSPS) is 20.0. The standard InChI is InChI=1S/C14H18N2O4.C4H9NO/c1-9(17)16-7-6-15-13(14(16)18)10-4-5-11(19-2)12(8-10)20-3;1-3-6-4-2-5-1/h4-5,8,13,15H,6-7H2,1-3H3;5H,1-4H2. The van der Waals surface area contributed by atoms with E-state index in [4.69, 9.17) is 14.2 Å². The molecule has 26 heavy (non-hydrogen) atoms. The summed E-state index contributed by atoms with van der Waals surface area (Å²) in [5.41, 5.74) is 0.749. The minimum atomic E-state index is -0.535. The molecule has 1 aromatic rings. The molecule has 1 unspecified atom stereocenters. The van der Waals surface area contributed by atoms with Gasteiger partial charge in [0.05, 0.1) is 27.4 Å². The van der Waals surface area contributed by atoms with Gasteiger partial charge in [-0.25, -0.2) is 0 Å². The Morgan fingerprint density at radius 1 is 1.15 bits per heavy atom. The second kappa shape index (κ2) is 10.1. The summed E-state index contributed by atoms with van der Waals surface area (Å²) in [6.07, 6.45) is 0. The fourth-order valence-electron chi connectivity index (χ4n) is 2.80. The van der Waals surface area contributed by atoms with Crippen molar-refractivity contribution in [1.82, 2.24) is 15.5 Å². The highest BCUT2D eigenvalue weighted by atomic mass is 16.5. The molecule has 0 bridgehead atoms. The number of morpholine rings is 1. The number of hydrogen-bond donors (Lipinski definition) is 2. The molecule has 0 spiro atoms. The van der Waals surface area contributed by atoms with Crippen LogP contribution in [-0.2, 0) is 14.3 Å². The van der Waals surface area contributed by atoms with Crippen LogP contribution in [0.25, 0.3) is 0 Å². The van der Waals surface area contributed by atoms with Crippen molar-refractivity contribution in [1.29, 1.82) is 0 Å². The molecule has 0 radical (unpaired) electrons. The van der Waals surface area contributed by atoms with Gasteiger partial charge in [-0.15, -0.1) is 0 Å². The van der Waals surface area contributed by atoms with E-state index in [2.05, 4.69) is 10.6 Å². The number of piperazine rings is 1. The maximum absolute atomic E-state index is 12.3. The Labute approximate surface area is 153 Å². The van der Waals surface area contributed by atoms with Gasteiger partial charge < -0.3 is 24.8 Å². The highest BCUT2D eigenvalue weighted by Crippen LogP contribution is 2.31. The van der Waals surface area contributed by atoms with Crippen molar-refractivity contribution >= 4 is 11.8 Å². The van der Waals surface area contributed by atoms with Gasteiger partial charge in [0.15, 0.2) is 11.5 Å². The van der Waals surface area contributed by atoms with Crippen LogP contribution in [0.15, 0.2) is 18.2 Å². The quantitative estimate of drug-likeness (QED) is 0.798. The molecule has 2 aliphatic heterocycles. The number of rotatable bonds is 3. The average molecular weight is 365 g/mol. The minimum Gasteiger partial charge on any atom is -0.493 e. The van der Waals surface area contributed by atoms with Gasteiger partial charge in [0.25, 0.3) is 5.91 Å². The van der Waals surface area contributed by atoms with E-state index in [-0.39, 0.29) is 11.8 Å². The molecule has 8 nitrogen and oxygen atoms in total. The lowest BCUT2D eigenvalue weighted by Gasteiger charge is -2.31. The molecule has 2 heterocycles. The van der Waals surface area contributed by atoms with Crippen LogP contribution in [0, 0.1) is 0 Å². The molecule has 2 amide bonds. The van der Waals surface area contributed by atoms with E-state index in [0.717, 1.165) is 31.9 Å². The molecule has 2 fully saturated rings. The molecule has 0 aromatic heterocycles. The van der Waals surface area contributed by atoms with Gasteiger partial charge in [-0.05, 0) is 17.7 Å². The van der Waals surface area contributed by atoms with E-state index in [1.54, 1.807) is 32.4 Å². The van der Waals surface area contributed by atoms with Crippen molar-refractivity contribution in [2.75, 3.05) is 53.6 Å². The first-order valence-corrected chi connectivity index (χ1v) is 8.64. The van der Waals surface area contributed by atoms with Gasteiger partial charge in [-0.2, -0.15) is 0 Å². The molecule has 144 valence electrons. The molecule has 1 aromatic carbocycles. The third-order valence-corrected chi connectivity index (χ3v) is 4.16. The summed E-state index contributed by atoms with van der Waals surface area (Å²) < 4.78 is 15.4. The van der Waals surface area contributed by atoms with Crippen molar-refractivity contribution < 1.29 is 23.8 Å². The van der Waals surface area contributed by atoms with E-state index in [1.165, 1.54) is 11.8 Å². The van der Waals surface area contributed by atoms with Gasteiger partial charge in [-0.1, -0.05) is 6.07 Å². The number of hydrogen-bond acceptors (Lipinski definition) is 7. The fraction of sp³-hybridized carbons (Fsp3) is 0.556. The first kappa shape index (κ1) is 20.2. The van der Waals surface area contributed by atoms with E-state index < -0.39 is 6.04 Å². The van der Waals surface area contributed by atoms with E-state index in [0.29, 0.717) is 24.6 Å². The lowest BCUT2D eigenvalue weighted by Crippen LogP contribution is -2.51. The maximum atomic E-state index is 12.3. The summed E-state index contributed by atoms with van der Waals surface area (Å²) in [5, 5.41) is 6.28. The third kappa shape index (κ3) is 5.17. The molecule has 2 saturated heterocycles. The van der Waals surface area contributed by atoms with Gasteiger partial charge in [0.1, 0.15) is 6.04 Å². The Bertz CT molecular complexity index is 607. The summed E-state index contributed by atoms with van der Waals surface area (Å²) in [4.78, 5) is 25.0. The highest BCUT2D eigenvalue weighted by Gasteiger charge is 2.32. The van der Waals surface area contributed by atoms with Crippen LogP contribution in [0.1, 0.15) is 18.5 Å². The Kier molecular flexibility index (Phi) is 7.83. The van der Waals surface area contributed by atoms with Crippen LogP contribution in [0.5, 0.6) is 11.5 Å². The summed E-state index contributed by atoms with van der Waals surface area (Å²) in [7, 11) is 3.10. The molecule has 0 saturated carbocycles. The molecular weight excluding hydrogens is 338 g/mol. The first-order chi connectivity index (χ1) is 12.6. The zero-order chi connectivity index (χ0) is 18.9. The zero-order valence-corrected chi connectivity index (χ0v) is 15.5. The van der Waals surface area contributed by atoms with E-state index in [1.807, 2.05) is 0 Å². The zero-order valence-electron chi connectivity index (χ0n) is 15.5. The van der Waals surface area contributed by atoms with E-state index in [9.17, 15) is 9.59 Å². The van der Waals surface area contributed by atoms with Crippen molar-refractivity contribution in [3.63, 3.8) is 0 Å². The smallest absolute Gasteiger partial charge is 0.250 e. The van der Waals surface area contributed by atoms with Gasteiger partial charge in [0.2, 0.25) is 5.91 Å². The predicted octanol–water partition coefficient (Wildman–Crippen LogP) is 0.329. The molecule has 3 rings (SSSR count). The topological polar surface area (TPSA) is 89.1 Å². The van der Waals surface area contributed by atoms with Crippen LogP contribution in [0.4, 0.5) is 0 Å². The molecule has 2 N–H and O–H groups in total. The van der Waals surface area contributed by atoms with Crippen LogP contribution < -0.4 is 20.1 Å². The minimum absolute atomic E-state index is 0.234. The second-order valence-corrected chi connectivity index (χ2v) is 5.87. The number of nitrogens with zero attached hydrogens (tertiary/aromatic N) is 1. The molecule has 0 aliphatic carbocycles. The first-order valence-electron chi connectivity index (χ1n) is 8.64. The number of nitrogens with one attached hydrogen (secondary N) is 2. The van der Waals surface area contributed by atoms with E-state index >= 15 is 0 Å². The lowest BCUT2D eigenvalue weighted by atomic mass is 10.0. The monoisotopic (exact) mass is 365 g/mol. The Hall–Kier alpha value is -2.16. The SMILES string of the molecule is C1COCCN1.COc1ccc(C2NCCN(C(C)=O)C2=O)cc1OC. The van der Waals surface area contributed by atoms with Crippen LogP contribution in [0.3, 0.4) is 0 Å². The molecule has 8 heteroatoms. The second-order valence-electron chi connectivity index (χ2n) is 5.87. The number of carbonyl (C=O) groups excluding carboxylic acids is 2. The predicted molar refractivity (Wildman–Crippen MR) is 96.4 cm³/mol. The summed E-state index contributed by atoms with van der Waals surface area (Å²) in [6, 6.07) is 4.75. The van der Waals surface area contributed by atoms with Crippen molar-refractivity contribution in [3.05, 3.63) is 23.8 Å². The summed E-state index contributed by atoms with van der Waals surface area (Å²) >= 11 is 0. The van der Waals surface area contributed by atoms with Gasteiger partial charge >= 0.3 is 0 Å². The molecular formula is C18H27N3O5. The number of benzene rings is 1. The molecule has 1 atom stereocenters. The maximum Gasteiger partial charge on any atom is 0.250 e. The molecule has 2 aliphatic rings. The van der Waals surface area contributed by atoms with Gasteiger partial charge in [0, 0.05) is 33.1 Å². The average Bonchev–Trinajstić information content (AvgIpc) is 2.69.